The Labute approximate surface area is 188 Å². The summed E-state index contributed by atoms with van der Waals surface area (Å²) in [6.45, 7) is 12.2. The van der Waals surface area contributed by atoms with Gasteiger partial charge in [0.1, 0.15) is 0 Å². The number of hydrogen-bond donors (Lipinski definition) is 2. The summed E-state index contributed by atoms with van der Waals surface area (Å²) in [5.74, 6) is 1.29. The van der Waals surface area contributed by atoms with Crippen molar-refractivity contribution in [3.63, 3.8) is 0 Å². The number of ether oxygens (including phenoxy) is 1. The first-order chi connectivity index (χ1) is 13.1. The van der Waals surface area contributed by atoms with Crippen molar-refractivity contribution in [1.82, 2.24) is 20.4 Å². The average molecular weight is 503 g/mol. The van der Waals surface area contributed by atoms with Crippen molar-refractivity contribution in [1.29, 1.82) is 0 Å². The molecule has 6 nitrogen and oxygen atoms in total. The second-order valence-corrected chi connectivity index (χ2v) is 7.63. The van der Waals surface area contributed by atoms with Gasteiger partial charge in [-0.25, -0.2) is 0 Å². The number of aliphatic imine (C=N–C) groups is 1. The minimum atomic E-state index is 0. The van der Waals surface area contributed by atoms with Crippen LogP contribution in [0.25, 0.3) is 0 Å². The van der Waals surface area contributed by atoms with Crippen LogP contribution in [0.5, 0.6) is 0 Å². The van der Waals surface area contributed by atoms with E-state index < -0.39 is 0 Å². The first-order valence-corrected chi connectivity index (χ1v) is 10.1. The molecule has 1 saturated heterocycles. The first kappa shape index (κ1) is 25.1. The van der Waals surface area contributed by atoms with E-state index in [-0.39, 0.29) is 24.0 Å². The van der Waals surface area contributed by atoms with Gasteiger partial charge in [-0.2, -0.15) is 0 Å². The van der Waals surface area contributed by atoms with Crippen LogP contribution in [0.4, 0.5) is 0 Å². The highest BCUT2D eigenvalue weighted by Gasteiger charge is 2.19. The summed E-state index contributed by atoms with van der Waals surface area (Å²) < 4.78 is 5.82. The van der Waals surface area contributed by atoms with E-state index in [1.54, 1.807) is 0 Å². The van der Waals surface area contributed by atoms with Crippen LogP contribution < -0.4 is 10.6 Å². The summed E-state index contributed by atoms with van der Waals surface area (Å²) >= 11 is 0. The van der Waals surface area contributed by atoms with E-state index in [1.165, 1.54) is 5.56 Å². The fourth-order valence-corrected chi connectivity index (χ4v) is 3.14. The summed E-state index contributed by atoms with van der Waals surface area (Å²) in [7, 11) is 4.02. The zero-order valence-electron chi connectivity index (χ0n) is 17.9. The molecular formula is C21H38IN5O. The van der Waals surface area contributed by atoms with Crippen molar-refractivity contribution >= 4 is 29.9 Å². The molecule has 0 bridgehead atoms. The monoisotopic (exact) mass is 503 g/mol. The smallest absolute Gasteiger partial charge is 0.191 e. The fraction of sp³-hybridized carbons (Fsp3) is 0.667. The second kappa shape index (κ2) is 14.1. The molecule has 0 amide bonds. The molecule has 2 atom stereocenters. The van der Waals surface area contributed by atoms with Gasteiger partial charge in [0.25, 0.3) is 0 Å². The summed E-state index contributed by atoms with van der Waals surface area (Å²) in [5.41, 5.74) is 1.22. The Balaban J connectivity index is 0.00000392. The molecule has 7 heteroatoms. The fourth-order valence-electron chi connectivity index (χ4n) is 3.14. The number of hydrogen-bond acceptors (Lipinski definition) is 4. The van der Waals surface area contributed by atoms with E-state index >= 15 is 0 Å². The normalized spacial score (nSPS) is 18.2. The van der Waals surface area contributed by atoms with Gasteiger partial charge in [-0.05, 0) is 25.5 Å². The summed E-state index contributed by atoms with van der Waals surface area (Å²) in [4.78, 5) is 9.27. The Morgan fingerprint density at radius 1 is 1.07 bits per heavy atom. The minimum absolute atomic E-state index is 0. The van der Waals surface area contributed by atoms with Crippen LogP contribution in [0, 0.1) is 5.92 Å². The van der Waals surface area contributed by atoms with Gasteiger partial charge in [-0.3, -0.25) is 9.89 Å². The molecule has 1 aliphatic rings. The van der Waals surface area contributed by atoms with Crippen molar-refractivity contribution in [3.05, 3.63) is 35.9 Å². The van der Waals surface area contributed by atoms with Crippen molar-refractivity contribution in [2.45, 2.75) is 26.5 Å². The Morgan fingerprint density at radius 3 is 2.36 bits per heavy atom. The van der Waals surface area contributed by atoms with E-state index in [4.69, 9.17) is 4.74 Å². The molecule has 160 valence electrons. The van der Waals surface area contributed by atoms with Gasteiger partial charge in [-0.1, -0.05) is 37.3 Å². The minimum Gasteiger partial charge on any atom is -0.376 e. The molecule has 28 heavy (non-hydrogen) atoms. The second-order valence-electron chi connectivity index (χ2n) is 7.63. The van der Waals surface area contributed by atoms with E-state index in [1.807, 2.05) is 25.2 Å². The van der Waals surface area contributed by atoms with Gasteiger partial charge in [0, 0.05) is 52.4 Å². The molecule has 1 heterocycles. The molecule has 1 aliphatic heterocycles. The number of guanidine groups is 1. The Hall–Kier alpha value is -0.900. The van der Waals surface area contributed by atoms with Crippen LogP contribution in [0.15, 0.2) is 35.3 Å². The highest BCUT2D eigenvalue weighted by atomic mass is 127. The van der Waals surface area contributed by atoms with Crippen LogP contribution >= 0.6 is 24.0 Å². The highest BCUT2D eigenvalue weighted by Crippen LogP contribution is 2.04. The zero-order valence-corrected chi connectivity index (χ0v) is 20.2. The topological polar surface area (TPSA) is 52.1 Å². The van der Waals surface area contributed by atoms with Gasteiger partial charge >= 0.3 is 0 Å². The number of nitrogens with zero attached hydrogens (tertiary/aromatic N) is 3. The quantitative estimate of drug-likeness (QED) is 0.308. The Morgan fingerprint density at radius 2 is 1.71 bits per heavy atom. The summed E-state index contributed by atoms with van der Waals surface area (Å²) in [6.07, 6.45) is 0. The first-order valence-electron chi connectivity index (χ1n) is 10.1. The standard InChI is InChI=1S/C21H37N5O.HI/c1-18(16-27-17-20-8-6-5-7-9-20)14-23-21(22-3)24-15-19(2)26-12-10-25(4)11-13-26;/h5-9,18-19H,10-17H2,1-4H3,(H2,22,23,24);1H. The maximum Gasteiger partial charge on any atom is 0.191 e. The maximum atomic E-state index is 5.82. The lowest BCUT2D eigenvalue weighted by Gasteiger charge is -2.36. The molecule has 2 unspecified atom stereocenters. The van der Waals surface area contributed by atoms with Gasteiger partial charge in [0.05, 0.1) is 13.2 Å². The zero-order chi connectivity index (χ0) is 19.5. The van der Waals surface area contributed by atoms with E-state index in [9.17, 15) is 0 Å². The van der Waals surface area contributed by atoms with Crippen LogP contribution in [0.1, 0.15) is 19.4 Å². The number of rotatable bonds is 9. The molecule has 0 aliphatic carbocycles. The maximum absolute atomic E-state index is 5.82. The molecule has 1 fully saturated rings. The third-order valence-corrected chi connectivity index (χ3v) is 5.08. The summed E-state index contributed by atoms with van der Waals surface area (Å²) in [5, 5.41) is 6.87. The Bertz CT molecular complexity index is 549. The van der Waals surface area contributed by atoms with Crippen molar-refractivity contribution in [2.24, 2.45) is 10.9 Å². The van der Waals surface area contributed by atoms with Gasteiger partial charge in [0.15, 0.2) is 5.96 Å². The lowest BCUT2D eigenvalue weighted by atomic mass is 10.2. The molecule has 0 aromatic heterocycles. The third-order valence-electron chi connectivity index (χ3n) is 5.08. The largest absolute Gasteiger partial charge is 0.376 e. The number of likely N-dealkylation sites (N-methyl/N-ethyl adjacent to an activating group) is 1. The highest BCUT2D eigenvalue weighted by molar-refractivity contribution is 14.0. The van der Waals surface area contributed by atoms with Crippen LogP contribution in [0.2, 0.25) is 0 Å². The number of benzene rings is 1. The average Bonchev–Trinajstić information content (AvgIpc) is 2.69. The number of nitrogens with one attached hydrogen (secondary N) is 2. The molecule has 0 saturated carbocycles. The van der Waals surface area contributed by atoms with Crippen molar-refractivity contribution in [3.8, 4) is 0 Å². The lowest BCUT2D eigenvalue weighted by Crippen LogP contribution is -2.52. The molecule has 0 spiro atoms. The predicted octanol–water partition coefficient (Wildman–Crippen LogP) is 2.26. The van der Waals surface area contributed by atoms with Crippen molar-refractivity contribution in [2.75, 3.05) is 60.0 Å². The van der Waals surface area contributed by atoms with Crippen LogP contribution in [0.3, 0.4) is 0 Å². The van der Waals surface area contributed by atoms with Gasteiger partial charge in [-0.15, -0.1) is 24.0 Å². The molecule has 2 N–H and O–H groups in total. The molecular weight excluding hydrogens is 465 g/mol. The van der Waals surface area contributed by atoms with Crippen LogP contribution in [-0.4, -0.2) is 81.8 Å². The molecule has 0 radical (unpaired) electrons. The van der Waals surface area contributed by atoms with Crippen molar-refractivity contribution < 1.29 is 4.74 Å². The number of halogens is 1. The van der Waals surface area contributed by atoms with Crippen LogP contribution in [-0.2, 0) is 11.3 Å². The lowest BCUT2D eigenvalue weighted by molar-refractivity contribution is 0.0930. The number of piperazine rings is 1. The van der Waals surface area contributed by atoms with E-state index in [2.05, 4.69) is 58.5 Å². The van der Waals surface area contributed by atoms with Gasteiger partial charge in [0.2, 0.25) is 0 Å². The SMILES string of the molecule is CN=C(NCC(C)COCc1ccccc1)NCC(C)N1CCN(C)CC1.I. The Kier molecular flexibility index (Phi) is 12.7. The predicted molar refractivity (Wildman–Crippen MR) is 129 cm³/mol. The molecule has 1 aromatic rings. The van der Waals surface area contributed by atoms with Gasteiger partial charge < -0.3 is 20.3 Å². The van der Waals surface area contributed by atoms with E-state index in [0.29, 0.717) is 18.6 Å². The molecule has 2 rings (SSSR count). The molecule has 1 aromatic carbocycles. The summed E-state index contributed by atoms with van der Waals surface area (Å²) in [6, 6.07) is 10.8. The van der Waals surface area contributed by atoms with E-state index in [0.717, 1.165) is 51.8 Å². The third kappa shape index (κ3) is 9.54.